The summed E-state index contributed by atoms with van der Waals surface area (Å²) in [5, 5.41) is 10.7. The van der Waals surface area contributed by atoms with Crippen LogP contribution in [0, 0.1) is 3.57 Å². The Morgan fingerprint density at radius 3 is 2.81 bits per heavy atom. The van der Waals surface area contributed by atoms with E-state index in [0.717, 1.165) is 3.57 Å². The van der Waals surface area contributed by atoms with E-state index in [1.165, 1.54) is 4.57 Å². The number of anilines is 1. The average molecular weight is 464 g/mol. The summed E-state index contributed by atoms with van der Waals surface area (Å²) in [5.41, 5.74) is 0.292. The molecule has 0 fully saturated rings. The summed E-state index contributed by atoms with van der Waals surface area (Å²) in [6.07, 6.45) is 3.31. The number of hydrogen-bond acceptors (Lipinski definition) is 5. The molecule has 0 bridgehead atoms. The number of pyridine rings is 2. The number of hydrogen-bond donors (Lipinski definition) is 1. The maximum absolute atomic E-state index is 12.5. The zero-order chi connectivity index (χ0) is 18.8. The molecule has 0 aliphatic heterocycles. The van der Waals surface area contributed by atoms with Crippen molar-refractivity contribution in [2.45, 2.75) is 19.9 Å². The van der Waals surface area contributed by atoms with Crippen molar-refractivity contribution in [1.29, 1.82) is 0 Å². The van der Waals surface area contributed by atoms with Crippen LogP contribution in [0.4, 0.5) is 5.82 Å². The van der Waals surface area contributed by atoms with Crippen LogP contribution in [0.2, 0.25) is 0 Å². The smallest absolute Gasteiger partial charge is 0.263 e. The summed E-state index contributed by atoms with van der Waals surface area (Å²) in [6, 6.07) is 6.95. The zero-order valence-electron chi connectivity index (χ0n) is 14.5. The summed E-state index contributed by atoms with van der Waals surface area (Å²) in [6.45, 7) is 4.04. The Hall–Kier alpha value is -2.56. The maximum Gasteiger partial charge on any atom is 0.263 e. The minimum Gasteiger partial charge on any atom is -0.317 e. The molecule has 3 rings (SSSR count). The molecule has 0 spiro atoms. The molecule has 0 aliphatic rings. The van der Waals surface area contributed by atoms with Crippen molar-refractivity contribution in [2.75, 3.05) is 5.32 Å². The third-order valence-corrected chi connectivity index (χ3v) is 4.33. The predicted molar refractivity (Wildman–Crippen MR) is 106 cm³/mol. The van der Waals surface area contributed by atoms with Crippen molar-refractivity contribution >= 4 is 34.3 Å². The molecule has 0 unspecified atom stereocenters. The quantitative estimate of drug-likeness (QED) is 0.599. The molecular formula is C17H17IN6O2. The predicted octanol–water partition coefficient (Wildman–Crippen LogP) is 2.48. The first-order valence-electron chi connectivity index (χ1n) is 7.91. The van der Waals surface area contributed by atoms with Gasteiger partial charge in [0, 0.05) is 22.9 Å². The topological polar surface area (TPSA) is 94.7 Å². The highest BCUT2D eigenvalue weighted by Crippen LogP contribution is 2.19. The standard InChI is InChI=1S/C17H17IN6O2/c1-10(2)24-9-19-22-15(24)13-5-4-6-14(20-13)21-16(25)12-7-11(18)8-23(3)17(12)26/h4-10H,1-3H3,(H,20,21,25). The molecule has 0 atom stereocenters. The van der Waals surface area contributed by atoms with Crippen molar-refractivity contribution in [3.63, 3.8) is 0 Å². The molecule has 0 saturated carbocycles. The van der Waals surface area contributed by atoms with Gasteiger partial charge in [-0.15, -0.1) is 10.2 Å². The van der Waals surface area contributed by atoms with Gasteiger partial charge >= 0.3 is 0 Å². The van der Waals surface area contributed by atoms with E-state index < -0.39 is 5.91 Å². The lowest BCUT2D eigenvalue weighted by atomic mass is 10.2. The second-order valence-electron chi connectivity index (χ2n) is 6.01. The number of carbonyl (C=O) groups excluding carboxylic acids is 1. The number of aromatic nitrogens is 5. The van der Waals surface area contributed by atoms with Crippen molar-refractivity contribution in [2.24, 2.45) is 7.05 Å². The first-order chi connectivity index (χ1) is 12.4. The normalized spacial score (nSPS) is 11.0. The van der Waals surface area contributed by atoms with E-state index in [1.807, 2.05) is 18.4 Å². The van der Waals surface area contributed by atoms with Crippen LogP contribution in [0.5, 0.6) is 0 Å². The largest absolute Gasteiger partial charge is 0.317 e. The Kier molecular flexibility index (Phi) is 5.16. The van der Waals surface area contributed by atoms with Crippen LogP contribution >= 0.6 is 22.6 Å². The van der Waals surface area contributed by atoms with Crippen LogP contribution < -0.4 is 10.9 Å². The molecule has 1 amide bonds. The van der Waals surface area contributed by atoms with Gasteiger partial charge in [-0.05, 0) is 54.6 Å². The van der Waals surface area contributed by atoms with E-state index >= 15 is 0 Å². The summed E-state index contributed by atoms with van der Waals surface area (Å²) >= 11 is 2.06. The highest BCUT2D eigenvalue weighted by atomic mass is 127. The second-order valence-corrected chi connectivity index (χ2v) is 7.25. The number of carbonyl (C=O) groups is 1. The number of halogens is 1. The molecule has 134 valence electrons. The third kappa shape index (κ3) is 3.66. The Morgan fingerprint density at radius 2 is 2.08 bits per heavy atom. The molecule has 0 aromatic carbocycles. The monoisotopic (exact) mass is 464 g/mol. The summed E-state index contributed by atoms with van der Waals surface area (Å²) in [7, 11) is 1.61. The molecule has 26 heavy (non-hydrogen) atoms. The molecular weight excluding hydrogens is 447 g/mol. The van der Waals surface area contributed by atoms with Crippen LogP contribution in [0.1, 0.15) is 30.2 Å². The minimum absolute atomic E-state index is 0.0666. The summed E-state index contributed by atoms with van der Waals surface area (Å²) in [5.74, 6) is 0.451. The Balaban J connectivity index is 1.91. The van der Waals surface area contributed by atoms with Gasteiger partial charge in [-0.3, -0.25) is 9.59 Å². The Morgan fingerprint density at radius 1 is 1.31 bits per heavy atom. The van der Waals surface area contributed by atoms with Gasteiger partial charge in [0.25, 0.3) is 11.5 Å². The van der Waals surface area contributed by atoms with Gasteiger partial charge in [-0.1, -0.05) is 6.07 Å². The van der Waals surface area contributed by atoms with E-state index in [4.69, 9.17) is 0 Å². The van der Waals surface area contributed by atoms with Gasteiger partial charge in [0.1, 0.15) is 23.4 Å². The number of rotatable bonds is 4. The Labute approximate surface area is 163 Å². The molecule has 3 heterocycles. The zero-order valence-corrected chi connectivity index (χ0v) is 16.6. The molecule has 0 aliphatic carbocycles. The van der Waals surface area contributed by atoms with E-state index in [0.29, 0.717) is 17.3 Å². The van der Waals surface area contributed by atoms with Crippen LogP contribution in [0.3, 0.4) is 0 Å². The maximum atomic E-state index is 12.5. The van der Waals surface area contributed by atoms with Crippen LogP contribution in [-0.2, 0) is 7.05 Å². The van der Waals surface area contributed by atoms with Crippen LogP contribution in [-0.4, -0.2) is 30.2 Å². The lowest BCUT2D eigenvalue weighted by Gasteiger charge is -2.11. The minimum atomic E-state index is -0.501. The van der Waals surface area contributed by atoms with E-state index in [-0.39, 0.29) is 17.2 Å². The second kappa shape index (κ2) is 7.36. The first kappa shape index (κ1) is 18.2. The first-order valence-corrected chi connectivity index (χ1v) is 8.99. The molecule has 3 aromatic heterocycles. The third-order valence-electron chi connectivity index (χ3n) is 3.74. The van der Waals surface area contributed by atoms with Crippen LogP contribution in [0.15, 0.2) is 41.6 Å². The molecule has 3 aromatic rings. The van der Waals surface area contributed by atoms with Crippen molar-refractivity contribution < 1.29 is 4.79 Å². The fourth-order valence-electron chi connectivity index (χ4n) is 2.45. The average Bonchev–Trinajstić information content (AvgIpc) is 3.08. The molecule has 0 saturated heterocycles. The van der Waals surface area contributed by atoms with Gasteiger partial charge in [0.15, 0.2) is 5.82 Å². The van der Waals surface area contributed by atoms with E-state index in [2.05, 4.69) is 43.1 Å². The van der Waals surface area contributed by atoms with Crippen molar-refractivity contribution in [3.8, 4) is 11.5 Å². The van der Waals surface area contributed by atoms with Gasteiger partial charge in [-0.2, -0.15) is 0 Å². The number of nitrogens with one attached hydrogen (secondary N) is 1. The van der Waals surface area contributed by atoms with Crippen LogP contribution in [0.25, 0.3) is 11.5 Å². The SMILES string of the molecule is CC(C)n1cnnc1-c1cccc(NC(=O)c2cc(I)cn(C)c2=O)n1. The van der Waals surface area contributed by atoms with Gasteiger partial charge in [0.2, 0.25) is 0 Å². The van der Waals surface area contributed by atoms with E-state index in [9.17, 15) is 9.59 Å². The van der Waals surface area contributed by atoms with E-state index in [1.54, 1.807) is 43.8 Å². The summed E-state index contributed by atoms with van der Waals surface area (Å²) < 4.78 is 4.07. The highest BCUT2D eigenvalue weighted by molar-refractivity contribution is 14.1. The van der Waals surface area contributed by atoms with Gasteiger partial charge in [0.05, 0.1) is 0 Å². The lowest BCUT2D eigenvalue weighted by molar-refractivity contribution is 0.102. The molecule has 1 N–H and O–H groups in total. The number of amides is 1. The van der Waals surface area contributed by atoms with Gasteiger partial charge in [-0.25, -0.2) is 4.98 Å². The van der Waals surface area contributed by atoms with Crippen molar-refractivity contribution in [1.82, 2.24) is 24.3 Å². The van der Waals surface area contributed by atoms with Crippen molar-refractivity contribution in [3.05, 3.63) is 56.3 Å². The number of nitrogens with zero attached hydrogens (tertiary/aromatic N) is 5. The van der Waals surface area contributed by atoms with Gasteiger partial charge < -0.3 is 14.5 Å². The summed E-state index contributed by atoms with van der Waals surface area (Å²) in [4.78, 5) is 29.1. The lowest BCUT2D eigenvalue weighted by Crippen LogP contribution is -2.28. The molecule has 0 radical (unpaired) electrons. The fourth-order valence-corrected chi connectivity index (χ4v) is 3.18. The fraction of sp³-hybridized carbons (Fsp3) is 0.235. The molecule has 9 heteroatoms. The Bertz CT molecular complexity index is 1020. The number of aryl methyl sites for hydroxylation is 1. The highest BCUT2D eigenvalue weighted by Gasteiger charge is 2.15. The molecule has 8 nitrogen and oxygen atoms in total.